The molecule has 1 fully saturated rings. The van der Waals surface area contributed by atoms with Crippen LogP contribution in [0.1, 0.15) is 35.1 Å². The Morgan fingerprint density at radius 1 is 1.13 bits per heavy atom. The van der Waals surface area contributed by atoms with Crippen LogP contribution in [-0.4, -0.2) is 35.6 Å². The Bertz CT molecular complexity index is 1060. The highest BCUT2D eigenvalue weighted by Crippen LogP contribution is 2.34. The van der Waals surface area contributed by atoms with Gasteiger partial charge in [0.1, 0.15) is 12.6 Å². The van der Waals surface area contributed by atoms with E-state index in [4.69, 9.17) is 21.1 Å². The first-order valence-corrected chi connectivity index (χ1v) is 10.2. The van der Waals surface area contributed by atoms with E-state index in [2.05, 4.69) is 4.98 Å². The van der Waals surface area contributed by atoms with E-state index in [1.54, 1.807) is 31.5 Å². The molecule has 2 aromatic carbocycles. The predicted octanol–water partition coefficient (Wildman–Crippen LogP) is 4.99. The molecule has 6 nitrogen and oxygen atoms in total. The molecule has 158 valence electrons. The van der Waals surface area contributed by atoms with Gasteiger partial charge in [0, 0.05) is 29.6 Å². The molecule has 0 saturated carbocycles. The maximum atomic E-state index is 13.3. The molecule has 1 unspecified atom stereocenters. The van der Waals surface area contributed by atoms with Crippen molar-refractivity contribution in [3.05, 3.63) is 94.6 Å². The van der Waals surface area contributed by atoms with Crippen molar-refractivity contribution in [2.45, 2.75) is 18.4 Å². The molecule has 4 rings (SSSR count). The second-order valence-electron chi connectivity index (χ2n) is 7.21. The number of hydrogen-bond donors (Lipinski definition) is 0. The van der Waals surface area contributed by atoms with Gasteiger partial charge in [-0.2, -0.15) is 0 Å². The van der Waals surface area contributed by atoms with Crippen molar-refractivity contribution in [1.29, 1.82) is 0 Å². The van der Waals surface area contributed by atoms with Crippen LogP contribution < -0.4 is 4.74 Å². The fourth-order valence-electron chi connectivity index (χ4n) is 3.73. The molecule has 2 amide bonds. The number of benzene rings is 2. The standard InChI is InChI=1S/C24H21ClN2O4/c1-30-22-12-9-18(14-26-22)20(16-7-10-19(25)11-8-16)13-23(28)27-21(15-31-24(27)29)17-5-3-2-4-6-17/h2-12,14,20-21H,13,15H2,1H3/t20-,21?/m0/s1. The lowest BCUT2D eigenvalue weighted by molar-refractivity contribution is -0.129. The van der Waals surface area contributed by atoms with E-state index in [1.807, 2.05) is 48.5 Å². The second kappa shape index (κ2) is 9.18. The number of aromatic nitrogens is 1. The van der Waals surface area contributed by atoms with E-state index in [-0.39, 0.29) is 24.9 Å². The molecule has 31 heavy (non-hydrogen) atoms. The number of amides is 2. The molecule has 1 aromatic heterocycles. The van der Waals surface area contributed by atoms with Gasteiger partial charge in [0.25, 0.3) is 0 Å². The first kappa shape index (κ1) is 20.9. The molecule has 0 aliphatic carbocycles. The van der Waals surface area contributed by atoms with Crippen LogP contribution in [0, 0.1) is 0 Å². The van der Waals surface area contributed by atoms with Crippen molar-refractivity contribution in [2.24, 2.45) is 0 Å². The van der Waals surface area contributed by atoms with Crippen LogP contribution in [-0.2, 0) is 9.53 Å². The quantitative estimate of drug-likeness (QED) is 0.544. The van der Waals surface area contributed by atoms with Gasteiger partial charge in [-0.25, -0.2) is 14.7 Å². The average molecular weight is 437 g/mol. The van der Waals surface area contributed by atoms with E-state index >= 15 is 0 Å². The van der Waals surface area contributed by atoms with Gasteiger partial charge in [-0.3, -0.25) is 4.79 Å². The summed E-state index contributed by atoms with van der Waals surface area (Å²) in [6.07, 6.45) is 1.14. The number of cyclic esters (lactones) is 1. The van der Waals surface area contributed by atoms with E-state index in [0.29, 0.717) is 10.9 Å². The molecule has 1 saturated heterocycles. The Morgan fingerprint density at radius 2 is 1.84 bits per heavy atom. The summed E-state index contributed by atoms with van der Waals surface area (Å²) < 4.78 is 10.4. The van der Waals surface area contributed by atoms with Crippen molar-refractivity contribution in [2.75, 3.05) is 13.7 Å². The number of carbonyl (C=O) groups excluding carboxylic acids is 2. The summed E-state index contributed by atoms with van der Waals surface area (Å²) in [6, 6.07) is 19.9. The number of methoxy groups -OCH3 is 1. The Kier molecular flexibility index (Phi) is 6.18. The number of imide groups is 1. The van der Waals surface area contributed by atoms with Crippen molar-refractivity contribution in [1.82, 2.24) is 9.88 Å². The largest absolute Gasteiger partial charge is 0.481 e. The highest BCUT2D eigenvalue weighted by molar-refractivity contribution is 6.30. The zero-order chi connectivity index (χ0) is 21.8. The number of carbonyl (C=O) groups is 2. The molecule has 0 radical (unpaired) electrons. The lowest BCUT2D eigenvalue weighted by Gasteiger charge is -2.23. The molecular formula is C24H21ClN2O4. The summed E-state index contributed by atoms with van der Waals surface area (Å²) in [5.41, 5.74) is 2.59. The van der Waals surface area contributed by atoms with Crippen LogP contribution in [0.5, 0.6) is 5.88 Å². The first-order chi connectivity index (χ1) is 15.1. The van der Waals surface area contributed by atoms with Crippen LogP contribution in [0.2, 0.25) is 5.02 Å². The van der Waals surface area contributed by atoms with E-state index < -0.39 is 12.1 Å². The number of pyridine rings is 1. The molecular weight excluding hydrogens is 416 g/mol. The van der Waals surface area contributed by atoms with Gasteiger partial charge in [0.15, 0.2) is 0 Å². The van der Waals surface area contributed by atoms with Gasteiger partial charge in [-0.1, -0.05) is 60.1 Å². The van der Waals surface area contributed by atoms with Gasteiger partial charge in [0.05, 0.1) is 7.11 Å². The van der Waals surface area contributed by atoms with E-state index in [0.717, 1.165) is 16.7 Å². The van der Waals surface area contributed by atoms with Gasteiger partial charge >= 0.3 is 6.09 Å². The minimum Gasteiger partial charge on any atom is -0.481 e. The Hall–Kier alpha value is -3.38. The minimum absolute atomic E-state index is 0.0775. The SMILES string of the molecule is COc1ccc([C@@H](CC(=O)N2C(=O)OCC2c2ccccc2)c2ccc(Cl)cc2)cn1. The Balaban J connectivity index is 1.64. The second-order valence-corrected chi connectivity index (χ2v) is 7.65. The number of ether oxygens (including phenoxy) is 2. The molecule has 0 N–H and O–H groups in total. The van der Waals surface area contributed by atoms with Crippen molar-refractivity contribution >= 4 is 23.6 Å². The Labute approximate surface area is 185 Å². The summed E-state index contributed by atoms with van der Waals surface area (Å²) in [5, 5.41) is 0.606. The highest BCUT2D eigenvalue weighted by Gasteiger charge is 2.39. The van der Waals surface area contributed by atoms with Gasteiger partial charge in [-0.05, 0) is 28.8 Å². The zero-order valence-electron chi connectivity index (χ0n) is 16.9. The minimum atomic E-state index is -0.624. The first-order valence-electron chi connectivity index (χ1n) is 9.86. The lowest BCUT2D eigenvalue weighted by Crippen LogP contribution is -2.35. The van der Waals surface area contributed by atoms with Gasteiger partial charge < -0.3 is 9.47 Å². The molecule has 3 aromatic rings. The van der Waals surface area contributed by atoms with Crippen LogP contribution >= 0.6 is 11.6 Å². The third kappa shape index (κ3) is 4.54. The summed E-state index contributed by atoms with van der Waals surface area (Å²) in [6.45, 7) is 0.143. The monoisotopic (exact) mass is 436 g/mol. The molecule has 1 aliphatic heterocycles. The van der Waals surface area contributed by atoms with Gasteiger partial charge in [-0.15, -0.1) is 0 Å². The fourth-order valence-corrected chi connectivity index (χ4v) is 3.86. The van der Waals surface area contributed by atoms with E-state index in [9.17, 15) is 9.59 Å². The number of nitrogens with zero attached hydrogens (tertiary/aromatic N) is 2. The predicted molar refractivity (Wildman–Crippen MR) is 116 cm³/mol. The molecule has 2 heterocycles. The number of halogens is 1. The molecule has 0 spiro atoms. The average Bonchev–Trinajstić information content (AvgIpc) is 3.20. The lowest BCUT2D eigenvalue weighted by atomic mass is 9.89. The fraction of sp³-hybridized carbons (Fsp3) is 0.208. The van der Waals surface area contributed by atoms with Crippen LogP contribution in [0.3, 0.4) is 0 Å². The van der Waals surface area contributed by atoms with Gasteiger partial charge in [0.2, 0.25) is 11.8 Å². The molecule has 7 heteroatoms. The van der Waals surface area contributed by atoms with Crippen molar-refractivity contribution in [3.8, 4) is 5.88 Å². The topological polar surface area (TPSA) is 68.7 Å². The molecule has 2 atom stereocenters. The number of rotatable bonds is 6. The summed E-state index contributed by atoms with van der Waals surface area (Å²) in [5.74, 6) is -0.141. The Morgan fingerprint density at radius 3 is 2.48 bits per heavy atom. The van der Waals surface area contributed by atoms with Crippen molar-refractivity contribution in [3.63, 3.8) is 0 Å². The summed E-state index contributed by atoms with van der Waals surface area (Å²) >= 11 is 6.05. The smallest absolute Gasteiger partial charge is 0.417 e. The van der Waals surface area contributed by atoms with Crippen LogP contribution in [0.25, 0.3) is 0 Å². The highest BCUT2D eigenvalue weighted by atomic mass is 35.5. The normalized spacial score (nSPS) is 16.6. The summed E-state index contributed by atoms with van der Waals surface area (Å²) in [7, 11) is 1.55. The third-order valence-corrected chi connectivity index (χ3v) is 5.60. The number of hydrogen-bond acceptors (Lipinski definition) is 5. The maximum absolute atomic E-state index is 13.3. The van der Waals surface area contributed by atoms with Crippen molar-refractivity contribution < 1.29 is 19.1 Å². The molecule has 0 bridgehead atoms. The third-order valence-electron chi connectivity index (χ3n) is 5.35. The summed E-state index contributed by atoms with van der Waals surface area (Å²) in [4.78, 5) is 31.3. The van der Waals surface area contributed by atoms with E-state index in [1.165, 1.54) is 4.90 Å². The van der Waals surface area contributed by atoms with Crippen LogP contribution in [0.4, 0.5) is 4.79 Å². The maximum Gasteiger partial charge on any atom is 0.417 e. The zero-order valence-corrected chi connectivity index (χ0v) is 17.7. The van der Waals surface area contributed by atoms with Crippen LogP contribution in [0.15, 0.2) is 72.9 Å². The molecule has 1 aliphatic rings.